The predicted octanol–water partition coefficient (Wildman–Crippen LogP) is 2.59. The third-order valence-electron chi connectivity index (χ3n) is 3.84. The van der Waals surface area contributed by atoms with Gasteiger partial charge < -0.3 is 10.1 Å². The Bertz CT molecular complexity index is 989. The molecule has 0 aliphatic heterocycles. The number of amides is 3. The molecule has 1 heterocycles. The minimum Gasteiger partial charge on any atom is -0.443 e. The first kappa shape index (κ1) is 18.1. The van der Waals surface area contributed by atoms with Crippen molar-refractivity contribution in [1.29, 1.82) is 0 Å². The summed E-state index contributed by atoms with van der Waals surface area (Å²) in [7, 11) is 1.38. The Hall–Kier alpha value is -3.74. The van der Waals surface area contributed by atoms with E-state index in [1.807, 2.05) is 18.2 Å². The Balaban J connectivity index is 1.86. The fourth-order valence-corrected chi connectivity index (χ4v) is 2.49. The third kappa shape index (κ3) is 4.27. The van der Waals surface area contributed by atoms with Gasteiger partial charge in [0.15, 0.2) is 0 Å². The minimum atomic E-state index is -1.29. The topological polar surface area (TPSA) is 97.4 Å². The van der Waals surface area contributed by atoms with Gasteiger partial charge in [-0.15, -0.1) is 0 Å². The molecule has 1 atom stereocenters. The quantitative estimate of drug-likeness (QED) is 0.695. The number of imide groups is 1. The summed E-state index contributed by atoms with van der Waals surface area (Å²) < 4.78 is 5.39. The van der Waals surface area contributed by atoms with Gasteiger partial charge >= 0.3 is 12.0 Å². The highest BCUT2D eigenvalue weighted by Gasteiger charge is 2.27. The molecule has 0 aliphatic rings. The van der Waals surface area contributed by atoms with Crippen LogP contribution < -0.4 is 10.6 Å². The lowest BCUT2D eigenvalue weighted by molar-refractivity contribution is -0.129. The van der Waals surface area contributed by atoms with Crippen LogP contribution in [0.25, 0.3) is 10.9 Å². The number of nitrogens with one attached hydrogen (secondary N) is 2. The number of ether oxygens (including phenoxy) is 1. The number of nitrogens with zero attached hydrogens (tertiary/aromatic N) is 1. The number of urea groups is 1. The zero-order chi connectivity index (χ0) is 19.2. The lowest BCUT2D eigenvalue weighted by Crippen LogP contribution is -2.41. The van der Waals surface area contributed by atoms with E-state index in [-0.39, 0.29) is 5.69 Å². The Morgan fingerprint density at radius 3 is 2.37 bits per heavy atom. The summed E-state index contributed by atoms with van der Waals surface area (Å²) in [6.45, 7) is 0. The molecule has 7 nitrogen and oxygen atoms in total. The highest BCUT2D eigenvalue weighted by Crippen LogP contribution is 2.20. The second-order valence-electron chi connectivity index (χ2n) is 5.65. The number of para-hydroxylation sites is 1. The number of esters is 1. The first-order valence-electron chi connectivity index (χ1n) is 8.23. The van der Waals surface area contributed by atoms with Crippen LogP contribution in [0, 0.1) is 0 Å². The molecule has 7 heteroatoms. The van der Waals surface area contributed by atoms with Crippen LogP contribution in [0.3, 0.4) is 0 Å². The maximum absolute atomic E-state index is 12.6. The summed E-state index contributed by atoms with van der Waals surface area (Å²) in [5.41, 5.74) is 1.15. The first-order chi connectivity index (χ1) is 13.1. The maximum Gasteiger partial charge on any atom is 0.358 e. The predicted molar refractivity (Wildman–Crippen MR) is 98.9 cm³/mol. The molecule has 0 spiro atoms. The zero-order valence-electron chi connectivity index (χ0n) is 14.5. The molecule has 3 rings (SSSR count). The lowest BCUT2D eigenvalue weighted by atomic mass is 10.1. The van der Waals surface area contributed by atoms with E-state index in [2.05, 4.69) is 15.6 Å². The highest BCUT2D eigenvalue weighted by atomic mass is 16.5. The van der Waals surface area contributed by atoms with Crippen LogP contribution in [-0.4, -0.2) is 29.9 Å². The van der Waals surface area contributed by atoms with E-state index in [9.17, 15) is 14.4 Å². The molecule has 1 unspecified atom stereocenters. The summed E-state index contributed by atoms with van der Waals surface area (Å²) in [4.78, 5) is 40.7. The van der Waals surface area contributed by atoms with Crippen LogP contribution in [-0.2, 0) is 9.53 Å². The van der Waals surface area contributed by atoms with Gasteiger partial charge in [0.1, 0.15) is 5.69 Å². The number of fused-ring (bicyclic) bond motifs is 1. The van der Waals surface area contributed by atoms with Gasteiger partial charge in [-0.05, 0) is 12.1 Å². The van der Waals surface area contributed by atoms with E-state index >= 15 is 0 Å². The van der Waals surface area contributed by atoms with Gasteiger partial charge in [-0.3, -0.25) is 10.1 Å². The van der Waals surface area contributed by atoms with Crippen molar-refractivity contribution in [3.8, 4) is 0 Å². The number of aromatic nitrogens is 1. The molecule has 0 aliphatic carbocycles. The number of hydrogen-bond acceptors (Lipinski definition) is 5. The van der Waals surface area contributed by atoms with Crippen molar-refractivity contribution in [3.63, 3.8) is 0 Å². The molecule has 27 heavy (non-hydrogen) atoms. The summed E-state index contributed by atoms with van der Waals surface area (Å²) in [5, 5.41) is 5.29. The standard InChI is InChI=1S/C20H17N3O4/c1-21-20(26)23-18(24)17(14-8-3-2-4-9-14)27-19(25)16-12-11-13-7-5-6-10-15(13)22-16/h2-12,17H,1H3,(H2,21,23,24,26). The number of benzene rings is 2. The van der Waals surface area contributed by atoms with E-state index in [1.165, 1.54) is 13.1 Å². The third-order valence-corrected chi connectivity index (χ3v) is 3.84. The average Bonchev–Trinajstić information content (AvgIpc) is 2.71. The molecule has 0 saturated heterocycles. The molecule has 2 aromatic carbocycles. The van der Waals surface area contributed by atoms with Crippen molar-refractivity contribution in [3.05, 3.63) is 78.0 Å². The monoisotopic (exact) mass is 363 g/mol. The van der Waals surface area contributed by atoms with Crippen molar-refractivity contribution in [1.82, 2.24) is 15.6 Å². The Kier molecular flexibility index (Phi) is 5.41. The maximum atomic E-state index is 12.6. The fraction of sp³-hybridized carbons (Fsp3) is 0.100. The molecule has 0 fully saturated rings. The van der Waals surface area contributed by atoms with Crippen LogP contribution in [0.1, 0.15) is 22.2 Å². The fourth-order valence-electron chi connectivity index (χ4n) is 2.49. The van der Waals surface area contributed by atoms with E-state index < -0.39 is 24.0 Å². The Morgan fingerprint density at radius 2 is 1.63 bits per heavy atom. The van der Waals surface area contributed by atoms with Crippen molar-refractivity contribution in [2.45, 2.75) is 6.10 Å². The molecule has 136 valence electrons. The lowest BCUT2D eigenvalue weighted by Gasteiger charge is -2.17. The summed E-state index contributed by atoms with van der Waals surface area (Å²) in [6.07, 6.45) is -1.29. The molecule has 2 N–H and O–H groups in total. The second kappa shape index (κ2) is 8.09. The van der Waals surface area contributed by atoms with Crippen LogP contribution in [0.5, 0.6) is 0 Å². The van der Waals surface area contributed by atoms with Crippen molar-refractivity contribution < 1.29 is 19.1 Å². The normalized spacial score (nSPS) is 11.4. The van der Waals surface area contributed by atoms with Gasteiger partial charge in [0.05, 0.1) is 5.52 Å². The van der Waals surface area contributed by atoms with Gasteiger partial charge in [0.25, 0.3) is 5.91 Å². The van der Waals surface area contributed by atoms with Gasteiger partial charge in [-0.1, -0.05) is 54.6 Å². The summed E-state index contributed by atoms with van der Waals surface area (Å²) in [5.74, 6) is -1.52. The Morgan fingerprint density at radius 1 is 0.926 bits per heavy atom. The molecule has 0 saturated carbocycles. The molecule has 0 radical (unpaired) electrons. The van der Waals surface area contributed by atoms with Crippen molar-refractivity contribution in [2.75, 3.05) is 7.05 Å². The molecule has 3 aromatic rings. The molecular weight excluding hydrogens is 346 g/mol. The summed E-state index contributed by atoms with van der Waals surface area (Å²) >= 11 is 0. The van der Waals surface area contributed by atoms with Crippen LogP contribution in [0.4, 0.5) is 4.79 Å². The average molecular weight is 363 g/mol. The molecular formula is C20H17N3O4. The SMILES string of the molecule is CNC(=O)NC(=O)C(OC(=O)c1ccc2ccccc2n1)c1ccccc1. The van der Waals surface area contributed by atoms with Gasteiger partial charge in [0, 0.05) is 18.0 Å². The number of pyridine rings is 1. The number of carbonyl (C=O) groups excluding carboxylic acids is 3. The molecule has 1 aromatic heterocycles. The Labute approximate surface area is 155 Å². The number of hydrogen-bond donors (Lipinski definition) is 2. The smallest absolute Gasteiger partial charge is 0.358 e. The van der Waals surface area contributed by atoms with Gasteiger partial charge in [0.2, 0.25) is 6.10 Å². The van der Waals surface area contributed by atoms with Gasteiger partial charge in [-0.2, -0.15) is 0 Å². The molecule has 3 amide bonds. The summed E-state index contributed by atoms with van der Waals surface area (Å²) in [6, 6.07) is 18.4. The van der Waals surface area contributed by atoms with E-state index in [0.717, 1.165) is 5.39 Å². The number of rotatable bonds is 4. The second-order valence-corrected chi connectivity index (χ2v) is 5.65. The number of carbonyl (C=O) groups is 3. The van der Waals surface area contributed by atoms with Crippen molar-refractivity contribution in [2.24, 2.45) is 0 Å². The zero-order valence-corrected chi connectivity index (χ0v) is 14.5. The van der Waals surface area contributed by atoms with Crippen molar-refractivity contribution >= 4 is 28.8 Å². The van der Waals surface area contributed by atoms with Gasteiger partial charge in [-0.25, -0.2) is 14.6 Å². The largest absolute Gasteiger partial charge is 0.443 e. The van der Waals surface area contributed by atoms with Crippen LogP contribution in [0.15, 0.2) is 66.7 Å². The highest BCUT2D eigenvalue weighted by molar-refractivity contribution is 5.99. The molecule has 0 bridgehead atoms. The van der Waals surface area contributed by atoms with E-state index in [0.29, 0.717) is 11.1 Å². The first-order valence-corrected chi connectivity index (χ1v) is 8.23. The van der Waals surface area contributed by atoms with Crippen LogP contribution >= 0.6 is 0 Å². The van der Waals surface area contributed by atoms with E-state index in [4.69, 9.17) is 4.74 Å². The minimum absolute atomic E-state index is 0.0716. The van der Waals surface area contributed by atoms with E-state index in [1.54, 1.807) is 42.5 Å². The van der Waals surface area contributed by atoms with Crippen LogP contribution in [0.2, 0.25) is 0 Å².